The number of nitro groups is 2. The van der Waals surface area contributed by atoms with Crippen LogP contribution in [0.15, 0.2) is 65.1 Å². The van der Waals surface area contributed by atoms with Gasteiger partial charge in [-0.3, -0.25) is 25.0 Å². The molecule has 0 saturated heterocycles. The fourth-order valence-electron chi connectivity index (χ4n) is 2.28. The van der Waals surface area contributed by atoms with E-state index in [1.54, 1.807) is 6.07 Å². The van der Waals surface area contributed by atoms with Crippen LogP contribution in [0.3, 0.4) is 0 Å². The number of furan rings is 1. The Kier molecular flexibility index (Phi) is 4.44. The summed E-state index contributed by atoms with van der Waals surface area (Å²) in [7, 11) is 0. The van der Waals surface area contributed by atoms with E-state index in [2.05, 4.69) is 5.32 Å². The zero-order valence-corrected chi connectivity index (χ0v) is 13.1. The van der Waals surface area contributed by atoms with E-state index in [9.17, 15) is 25.0 Å². The maximum atomic E-state index is 12.3. The lowest BCUT2D eigenvalue weighted by Crippen LogP contribution is -2.12. The van der Waals surface area contributed by atoms with Crippen LogP contribution in [-0.4, -0.2) is 15.8 Å². The summed E-state index contributed by atoms with van der Waals surface area (Å²) in [6, 6.07) is 14.4. The van der Waals surface area contributed by atoms with E-state index in [-0.39, 0.29) is 22.8 Å². The monoisotopic (exact) mass is 353 g/mol. The molecule has 26 heavy (non-hydrogen) atoms. The molecule has 0 aliphatic carbocycles. The first-order chi connectivity index (χ1) is 12.5. The fourth-order valence-corrected chi connectivity index (χ4v) is 2.28. The minimum Gasteiger partial charge on any atom is -0.451 e. The van der Waals surface area contributed by atoms with Gasteiger partial charge in [0.15, 0.2) is 5.76 Å². The minimum absolute atomic E-state index is 0.0449. The number of nitrogens with zero attached hydrogens (tertiary/aromatic N) is 2. The number of rotatable bonds is 5. The Labute approximate surface area is 146 Å². The quantitative estimate of drug-likeness (QED) is 0.545. The number of nitro benzene ring substituents is 2. The van der Waals surface area contributed by atoms with Crippen LogP contribution in [0.5, 0.6) is 0 Å². The van der Waals surface area contributed by atoms with Crippen molar-refractivity contribution in [3.8, 4) is 11.3 Å². The topological polar surface area (TPSA) is 129 Å². The van der Waals surface area contributed by atoms with Crippen molar-refractivity contribution in [3.05, 3.63) is 86.7 Å². The average Bonchev–Trinajstić information content (AvgIpc) is 3.12. The van der Waals surface area contributed by atoms with Crippen molar-refractivity contribution in [1.29, 1.82) is 0 Å². The van der Waals surface area contributed by atoms with E-state index in [1.165, 1.54) is 54.6 Å². The third kappa shape index (κ3) is 3.41. The number of nitrogens with one attached hydrogen (secondary N) is 1. The molecule has 0 bridgehead atoms. The summed E-state index contributed by atoms with van der Waals surface area (Å²) in [6.45, 7) is 0. The molecule has 0 atom stereocenters. The molecule has 9 nitrogen and oxygen atoms in total. The summed E-state index contributed by atoms with van der Waals surface area (Å²) < 4.78 is 5.45. The second kappa shape index (κ2) is 6.85. The number of carbonyl (C=O) groups excluding carboxylic acids is 1. The first kappa shape index (κ1) is 16.8. The molecule has 9 heteroatoms. The van der Waals surface area contributed by atoms with Crippen LogP contribution < -0.4 is 5.32 Å². The van der Waals surface area contributed by atoms with Crippen molar-refractivity contribution in [2.45, 2.75) is 0 Å². The highest BCUT2D eigenvalue weighted by Crippen LogP contribution is 2.27. The fraction of sp³-hybridized carbons (Fsp3) is 0. The summed E-state index contributed by atoms with van der Waals surface area (Å²) in [5.74, 6) is -0.350. The standard InChI is InChI=1S/C17H11N3O6/c21-17(18-13-3-1-2-4-14(13)20(24)25)16-10-9-15(26-16)11-5-7-12(8-6-11)19(22)23/h1-10H,(H,18,21). The van der Waals surface area contributed by atoms with E-state index < -0.39 is 15.8 Å². The Morgan fingerprint density at radius 1 is 0.885 bits per heavy atom. The van der Waals surface area contributed by atoms with Crippen LogP contribution in [0, 0.1) is 20.2 Å². The second-order valence-corrected chi connectivity index (χ2v) is 5.20. The van der Waals surface area contributed by atoms with Crippen LogP contribution in [0.1, 0.15) is 10.6 Å². The lowest BCUT2D eigenvalue weighted by Gasteiger charge is -2.04. The Hall–Kier alpha value is -4.01. The molecular formula is C17H11N3O6. The van der Waals surface area contributed by atoms with Crippen molar-refractivity contribution in [2.24, 2.45) is 0 Å². The van der Waals surface area contributed by atoms with Gasteiger partial charge in [0.1, 0.15) is 11.4 Å². The molecule has 0 radical (unpaired) electrons. The number of amides is 1. The van der Waals surface area contributed by atoms with Gasteiger partial charge in [0.25, 0.3) is 17.3 Å². The smallest absolute Gasteiger partial charge is 0.292 e. The van der Waals surface area contributed by atoms with Gasteiger partial charge < -0.3 is 9.73 Å². The van der Waals surface area contributed by atoms with Crippen LogP contribution in [0.4, 0.5) is 17.1 Å². The van der Waals surface area contributed by atoms with Crippen LogP contribution in [-0.2, 0) is 0 Å². The molecule has 0 fully saturated rings. The summed E-state index contributed by atoms with van der Waals surface area (Å²) in [4.78, 5) is 32.8. The Morgan fingerprint density at radius 3 is 2.23 bits per heavy atom. The number of anilines is 1. The average molecular weight is 353 g/mol. The number of carbonyl (C=O) groups is 1. The summed E-state index contributed by atoms with van der Waals surface area (Å²) in [5, 5.41) is 24.1. The number of benzene rings is 2. The lowest BCUT2D eigenvalue weighted by atomic mass is 10.1. The summed E-state index contributed by atoms with van der Waals surface area (Å²) in [5.41, 5.74) is 0.314. The van der Waals surface area contributed by atoms with Gasteiger partial charge in [0, 0.05) is 23.8 Å². The summed E-state index contributed by atoms with van der Waals surface area (Å²) >= 11 is 0. The zero-order chi connectivity index (χ0) is 18.7. The van der Waals surface area contributed by atoms with E-state index in [4.69, 9.17) is 4.42 Å². The highest BCUT2D eigenvalue weighted by Gasteiger charge is 2.18. The molecule has 1 N–H and O–H groups in total. The van der Waals surface area contributed by atoms with Crippen LogP contribution in [0.2, 0.25) is 0 Å². The summed E-state index contributed by atoms with van der Waals surface area (Å²) in [6.07, 6.45) is 0. The molecule has 1 amide bonds. The van der Waals surface area contributed by atoms with Crippen molar-refractivity contribution in [1.82, 2.24) is 0 Å². The molecule has 3 aromatic rings. The van der Waals surface area contributed by atoms with E-state index in [0.717, 1.165) is 0 Å². The van der Waals surface area contributed by atoms with Gasteiger partial charge in [0.2, 0.25) is 0 Å². The van der Waals surface area contributed by atoms with Crippen LogP contribution in [0.25, 0.3) is 11.3 Å². The van der Waals surface area contributed by atoms with Crippen molar-refractivity contribution < 1.29 is 19.1 Å². The Bertz CT molecular complexity index is 994. The second-order valence-electron chi connectivity index (χ2n) is 5.20. The van der Waals surface area contributed by atoms with Gasteiger partial charge in [-0.25, -0.2) is 0 Å². The number of hydrogen-bond acceptors (Lipinski definition) is 6. The molecule has 1 aromatic heterocycles. The first-order valence-corrected chi connectivity index (χ1v) is 7.35. The largest absolute Gasteiger partial charge is 0.451 e. The number of non-ortho nitro benzene ring substituents is 1. The van der Waals surface area contributed by atoms with Crippen molar-refractivity contribution in [3.63, 3.8) is 0 Å². The number of hydrogen-bond donors (Lipinski definition) is 1. The molecular weight excluding hydrogens is 342 g/mol. The van der Waals surface area contributed by atoms with Gasteiger partial charge >= 0.3 is 0 Å². The molecule has 130 valence electrons. The Morgan fingerprint density at radius 2 is 1.58 bits per heavy atom. The van der Waals surface area contributed by atoms with Crippen molar-refractivity contribution >= 4 is 23.0 Å². The SMILES string of the molecule is O=C(Nc1ccccc1[N+](=O)[O-])c1ccc(-c2ccc([N+](=O)[O-])cc2)o1. The molecule has 0 saturated carbocycles. The third-order valence-electron chi connectivity index (χ3n) is 3.54. The molecule has 2 aromatic carbocycles. The van der Waals surface area contributed by atoms with E-state index in [0.29, 0.717) is 11.3 Å². The molecule has 0 aliphatic heterocycles. The molecule has 0 aliphatic rings. The molecule has 0 spiro atoms. The van der Waals surface area contributed by atoms with Crippen molar-refractivity contribution in [2.75, 3.05) is 5.32 Å². The van der Waals surface area contributed by atoms with E-state index >= 15 is 0 Å². The van der Waals surface area contributed by atoms with Gasteiger partial charge in [-0.05, 0) is 30.3 Å². The Balaban J connectivity index is 1.80. The number of para-hydroxylation sites is 2. The van der Waals surface area contributed by atoms with E-state index in [1.807, 2.05) is 0 Å². The predicted octanol–water partition coefficient (Wildman–Crippen LogP) is 4.02. The molecule has 1 heterocycles. The van der Waals surface area contributed by atoms with Gasteiger partial charge in [0.05, 0.1) is 9.85 Å². The normalized spacial score (nSPS) is 10.3. The molecule has 0 unspecified atom stereocenters. The predicted molar refractivity (Wildman–Crippen MR) is 91.8 cm³/mol. The third-order valence-corrected chi connectivity index (χ3v) is 3.54. The van der Waals surface area contributed by atoms with Crippen LogP contribution >= 0.6 is 0 Å². The highest BCUT2D eigenvalue weighted by molar-refractivity contribution is 6.03. The van der Waals surface area contributed by atoms with Gasteiger partial charge in [-0.15, -0.1) is 0 Å². The van der Waals surface area contributed by atoms with Gasteiger partial charge in [-0.1, -0.05) is 12.1 Å². The minimum atomic E-state index is -0.646. The zero-order valence-electron chi connectivity index (χ0n) is 13.1. The lowest BCUT2D eigenvalue weighted by molar-refractivity contribution is -0.384. The molecule has 3 rings (SSSR count). The first-order valence-electron chi connectivity index (χ1n) is 7.35. The van der Waals surface area contributed by atoms with Gasteiger partial charge in [-0.2, -0.15) is 0 Å². The highest BCUT2D eigenvalue weighted by atomic mass is 16.6. The maximum absolute atomic E-state index is 12.3. The maximum Gasteiger partial charge on any atom is 0.292 e.